The Hall–Kier alpha value is -2.62. The normalized spacial score (nSPS) is 13.1. The standard InChI is InChI=1S/C15H11N4/c1-2-4-13-11(3-1)8-17-10-18-9-12-7-16-5-6-19(12)15(18)14(13)17/h1-7,9-10H,8H2/q+1. The summed E-state index contributed by atoms with van der Waals surface area (Å²) < 4.78 is 6.69. The SMILES string of the molecule is c1ccc2c(c1)Cn1c[n+]3cc4cnccn4c3c1-2. The Morgan fingerprint density at radius 2 is 2.16 bits per heavy atom. The second-order valence-corrected chi connectivity index (χ2v) is 4.98. The lowest BCUT2D eigenvalue weighted by Crippen LogP contribution is -2.15. The van der Waals surface area contributed by atoms with E-state index >= 15 is 0 Å². The molecule has 0 saturated carbocycles. The molecule has 0 bridgehead atoms. The molecule has 0 radical (unpaired) electrons. The highest BCUT2D eigenvalue weighted by Gasteiger charge is 2.29. The van der Waals surface area contributed by atoms with Crippen molar-refractivity contribution in [2.75, 3.05) is 0 Å². The van der Waals surface area contributed by atoms with Crippen LogP contribution in [0.25, 0.3) is 22.4 Å². The molecule has 4 nitrogen and oxygen atoms in total. The van der Waals surface area contributed by atoms with E-state index in [4.69, 9.17) is 0 Å². The quantitative estimate of drug-likeness (QED) is 0.384. The van der Waals surface area contributed by atoms with Gasteiger partial charge in [-0.15, -0.1) is 0 Å². The fraction of sp³-hybridized carbons (Fsp3) is 0.0667. The predicted octanol–water partition coefficient (Wildman–Crippen LogP) is 1.90. The van der Waals surface area contributed by atoms with E-state index in [1.807, 2.05) is 18.6 Å². The Morgan fingerprint density at radius 1 is 1.21 bits per heavy atom. The molecule has 0 N–H and O–H groups in total. The van der Waals surface area contributed by atoms with Crippen LogP contribution in [0.3, 0.4) is 0 Å². The first kappa shape index (κ1) is 9.33. The zero-order valence-electron chi connectivity index (χ0n) is 10.2. The van der Waals surface area contributed by atoms with E-state index in [-0.39, 0.29) is 0 Å². The molecule has 0 saturated heterocycles. The fourth-order valence-electron chi connectivity index (χ4n) is 3.12. The Morgan fingerprint density at radius 3 is 3.16 bits per heavy atom. The van der Waals surface area contributed by atoms with Gasteiger partial charge >= 0.3 is 0 Å². The van der Waals surface area contributed by atoms with Gasteiger partial charge in [-0.1, -0.05) is 24.3 Å². The van der Waals surface area contributed by atoms with Crippen molar-refractivity contribution in [2.24, 2.45) is 0 Å². The van der Waals surface area contributed by atoms with Gasteiger partial charge in [0.05, 0.1) is 25.1 Å². The zero-order valence-corrected chi connectivity index (χ0v) is 10.2. The highest BCUT2D eigenvalue weighted by Crippen LogP contribution is 2.33. The molecule has 0 atom stereocenters. The van der Waals surface area contributed by atoms with Gasteiger partial charge in [0.2, 0.25) is 0 Å². The van der Waals surface area contributed by atoms with Gasteiger partial charge in [0, 0.05) is 5.56 Å². The summed E-state index contributed by atoms with van der Waals surface area (Å²) in [6, 6.07) is 8.62. The van der Waals surface area contributed by atoms with Crippen molar-refractivity contribution in [3.63, 3.8) is 0 Å². The van der Waals surface area contributed by atoms with Crippen molar-refractivity contribution >= 4 is 11.2 Å². The van der Waals surface area contributed by atoms with Gasteiger partial charge in [0.25, 0.3) is 5.65 Å². The van der Waals surface area contributed by atoms with Gasteiger partial charge in [-0.05, 0) is 5.56 Å². The highest BCUT2D eigenvalue weighted by atomic mass is 15.2. The van der Waals surface area contributed by atoms with E-state index in [0.29, 0.717) is 0 Å². The summed E-state index contributed by atoms with van der Waals surface area (Å²) in [7, 11) is 0. The number of fused-ring (bicyclic) bond motifs is 7. The van der Waals surface area contributed by atoms with E-state index in [2.05, 4.69) is 55.1 Å². The first-order chi connectivity index (χ1) is 9.42. The number of aromatic nitrogens is 4. The fourth-order valence-corrected chi connectivity index (χ4v) is 3.12. The van der Waals surface area contributed by atoms with Crippen molar-refractivity contribution < 1.29 is 4.40 Å². The van der Waals surface area contributed by atoms with Gasteiger partial charge in [-0.2, -0.15) is 0 Å². The molecule has 4 heterocycles. The third-order valence-corrected chi connectivity index (χ3v) is 3.91. The van der Waals surface area contributed by atoms with E-state index in [9.17, 15) is 0 Å². The van der Waals surface area contributed by atoms with Crippen molar-refractivity contribution in [1.29, 1.82) is 0 Å². The van der Waals surface area contributed by atoms with Crippen LogP contribution in [-0.4, -0.2) is 14.0 Å². The van der Waals surface area contributed by atoms with Crippen LogP contribution in [0, 0.1) is 0 Å². The first-order valence-electron chi connectivity index (χ1n) is 6.35. The lowest BCUT2D eigenvalue weighted by molar-refractivity contribution is -0.509. The topological polar surface area (TPSA) is 26.3 Å². The predicted molar refractivity (Wildman–Crippen MR) is 70.9 cm³/mol. The largest absolute Gasteiger partial charge is 0.278 e. The van der Waals surface area contributed by atoms with Crippen LogP contribution in [0.15, 0.2) is 55.4 Å². The number of hydrogen-bond acceptors (Lipinski definition) is 1. The summed E-state index contributed by atoms with van der Waals surface area (Å²) in [4.78, 5) is 4.18. The van der Waals surface area contributed by atoms with Crippen molar-refractivity contribution in [3.8, 4) is 11.3 Å². The van der Waals surface area contributed by atoms with E-state index in [0.717, 1.165) is 12.1 Å². The van der Waals surface area contributed by atoms with Gasteiger partial charge in [0.1, 0.15) is 6.20 Å². The molecule has 1 aliphatic heterocycles. The van der Waals surface area contributed by atoms with Crippen LogP contribution in [0.2, 0.25) is 0 Å². The summed E-state index contributed by atoms with van der Waals surface area (Å²) in [5.41, 5.74) is 6.35. The molecule has 4 heteroatoms. The Bertz CT molecular complexity index is 945. The molecule has 19 heavy (non-hydrogen) atoms. The van der Waals surface area contributed by atoms with Gasteiger partial charge in [0.15, 0.2) is 17.5 Å². The van der Waals surface area contributed by atoms with Crippen LogP contribution in [0.5, 0.6) is 0 Å². The Kier molecular flexibility index (Phi) is 1.49. The molecule has 4 aromatic rings. The lowest BCUT2D eigenvalue weighted by Gasteiger charge is -1.94. The second kappa shape index (κ2) is 3.03. The summed E-state index contributed by atoms with van der Waals surface area (Å²) in [5, 5.41) is 0. The zero-order chi connectivity index (χ0) is 12.4. The minimum Gasteiger partial charge on any atom is -0.258 e. The summed E-state index contributed by atoms with van der Waals surface area (Å²) in [6.07, 6.45) is 10.0. The maximum atomic E-state index is 4.18. The Labute approximate surface area is 109 Å². The van der Waals surface area contributed by atoms with Crippen LogP contribution in [-0.2, 0) is 6.54 Å². The lowest BCUT2D eigenvalue weighted by atomic mass is 10.1. The molecule has 1 aromatic carbocycles. The monoisotopic (exact) mass is 247 g/mol. The third-order valence-electron chi connectivity index (χ3n) is 3.91. The number of benzene rings is 1. The maximum absolute atomic E-state index is 4.18. The summed E-state index contributed by atoms with van der Waals surface area (Å²) in [5.74, 6) is 0. The molecule has 0 spiro atoms. The molecular weight excluding hydrogens is 236 g/mol. The molecule has 90 valence electrons. The second-order valence-electron chi connectivity index (χ2n) is 4.98. The summed E-state index contributed by atoms with van der Waals surface area (Å²) in [6.45, 7) is 0.959. The molecule has 0 aliphatic carbocycles. The van der Waals surface area contributed by atoms with Crippen molar-refractivity contribution in [2.45, 2.75) is 6.54 Å². The molecule has 5 rings (SSSR count). The number of nitrogens with zero attached hydrogens (tertiary/aromatic N) is 4. The highest BCUT2D eigenvalue weighted by molar-refractivity contribution is 5.79. The van der Waals surface area contributed by atoms with Crippen LogP contribution in [0.4, 0.5) is 0 Å². The van der Waals surface area contributed by atoms with Gasteiger partial charge in [-0.3, -0.25) is 9.55 Å². The first-order valence-corrected chi connectivity index (χ1v) is 6.35. The van der Waals surface area contributed by atoms with Crippen LogP contribution >= 0.6 is 0 Å². The summed E-state index contributed by atoms with van der Waals surface area (Å²) >= 11 is 0. The van der Waals surface area contributed by atoms with Crippen molar-refractivity contribution in [1.82, 2.24) is 14.0 Å². The van der Waals surface area contributed by atoms with Crippen LogP contribution < -0.4 is 4.40 Å². The van der Waals surface area contributed by atoms with E-state index in [1.165, 1.54) is 22.5 Å². The molecular formula is C15H11N4+. The number of hydrogen-bond donors (Lipinski definition) is 0. The molecule has 3 aromatic heterocycles. The number of rotatable bonds is 0. The average molecular weight is 247 g/mol. The average Bonchev–Trinajstić information content (AvgIpc) is 3.04. The van der Waals surface area contributed by atoms with E-state index in [1.54, 1.807) is 0 Å². The van der Waals surface area contributed by atoms with Gasteiger partial charge < -0.3 is 0 Å². The molecule has 0 amide bonds. The van der Waals surface area contributed by atoms with Crippen LogP contribution in [0.1, 0.15) is 5.56 Å². The van der Waals surface area contributed by atoms with Gasteiger partial charge in [-0.25, -0.2) is 8.80 Å². The third kappa shape index (κ3) is 1.04. The molecule has 0 fully saturated rings. The molecule has 1 aliphatic rings. The minimum absolute atomic E-state index is 0.959. The molecule has 0 unspecified atom stereocenters. The van der Waals surface area contributed by atoms with Crippen molar-refractivity contribution in [3.05, 3.63) is 60.9 Å². The van der Waals surface area contributed by atoms with E-state index < -0.39 is 0 Å². The maximum Gasteiger partial charge on any atom is 0.278 e. The Balaban J connectivity index is 2.00. The smallest absolute Gasteiger partial charge is 0.258 e. The number of imidazole rings is 2. The minimum atomic E-state index is 0.959.